The van der Waals surface area contributed by atoms with Crippen molar-refractivity contribution in [2.75, 3.05) is 12.3 Å². The third-order valence-electron chi connectivity index (χ3n) is 3.03. The third-order valence-corrected chi connectivity index (χ3v) is 4.00. The summed E-state index contributed by atoms with van der Waals surface area (Å²) in [5, 5.41) is 0. The van der Waals surface area contributed by atoms with Gasteiger partial charge in [0.05, 0.1) is 12.3 Å². The van der Waals surface area contributed by atoms with Crippen molar-refractivity contribution in [2.45, 2.75) is 18.4 Å². The molecule has 0 saturated heterocycles. The maximum absolute atomic E-state index is 6.00. The lowest BCUT2D eigenvalue weighted by atomic mass is 10.2. The summed E-state index contributed by atoms with van der Waals surface area (Å²) in [4.78, 5) is 9.01. The molecule has 0 saturated carbocycles. The number of hydrogen-bond donors (Lipinski definition) is 1. The molecule has 1 aromatic heterocycles. The number of benzene rings is 1. The SMILES string of the molecule is CCOc1ccc(-c2nc(N)c3c(n2)CSC3)cc1. The molecule has 2 aromatic rings. The zero-order valence-corrected chi connectivity index (χ0v) is 11.5. The van der Waals surface area contributed by atoms with Crippen LogP contribution < -0.4 is 10.5 Å². The molecule has 2 heterocycles. The van der Waals surface area contributed by atoms with E-state index in [1.807, 2.05) is 43.0 Å². The average molecular weight is 273 g/mol. The van der Waals surface area contributed by atoms with Crippen LogP contribution in [0.15, 0.2) is 24.3 Å². The summed E-state index contributed by atoms with van der Waals surface area (Å²) < 4.78 is 5.43. The average Bonchev–Trinajstić information content (AvgIpc) is 2.89. The lowest BCUT2D eigenvalue weighted by molar-refractivity contribution is 0.340. The van der Waals surface area contributed by atoms with E-state index in [1.165, 1.54) is 0 Å². The van der Waals surface area contributed by atoms with Gasteiger partial charge in [-0.3, -0.25) is 0 Å². The summed E-state index contributed by atoms with van der Waals surface area (Å²) in [6.45, 7) is 2.63. The number of rotatable bonds is 3. The molecule has 19 heavy (non-hydrogen) atoms. The van der Waals surface area contributed by atoms with Crippen LogP contribution in [0.2, 0.25) is 0 Å². The Balaban J connectivity index is 1.96. The molecule has 0 radical (unpaired) electrons. The zero-order chi connectivity index (χ0) is 13.2. The number of anilines is 1. The van der Waals surface area contributed by atoms with Gasteiger partial charge in [-0.2, -0.15) is 11.8 Å². The highest BCUT2D eigenvalue weighted by atomic mass is 32.2. The Kier molecular flexibility index (Phi) is 3.29. The predicted octanol–water partition coefficient (Wildman–Crippen LogP) is 2.87. The number of nitrogen functional groups attached to an aromatic ring is 1. The van der Waals surface area contributed by atoms with E-state index >= 15 is 0 Å². The smallest absolute Gasteiger partial charge is 0.161 e. The van der Waals surface area contributed by atoms with Crippen LogP contribution in [0.1, 0.15) is 18.2 Å². The molecule has 2 N–H and O–H groups in total. The van der Waals surface area contributed by atoms with Gasteiger partial charge in [0.2, 0.25) is 0 Å². The quantitative estimate of drug-likeness (QED) is 0.931. The molecule has 0 amide bonds. The van der Waals surface area contributed by atoms with Crippen molar-refractivity contribution in [1.29, 1.82) is 0 Å². The number of thioether (sulfide) groups is 1. The van der Waals surface area contributed by atoms with E-state index < -0.39 is 0 Å². The van der Waals surface area contributed by atoms with Crippen molar-refractivity contribution in [3.63, 3.8) is 0 Å². The second-order valence-electron chi connectivity index (χ2n) is 4.31. The Morgan fingerprint density at radius 2 is 2.00 bits per heavy atom. The van der Waals surface area contributed by atoms with Crippen LogP contribution in [-0.4, -0.2) is 16.6 Å². The summed E-state index contributed by atoms with van der Waals surface area (Å²) >= 11 is 1.83. The Labute approximate surface area is 116 Å². The first kappa shape index (κ1) is 12.3. The number of aromatic nitrogens is 2. The number of ether oxygens (including phenoxy) is 1. The minimum absolute atomic E-state index is 0.610. The molecular weight excluding hydrogens is 258 g/mol. The molecule has 0 unspecified atom stereocenters. The van der Waals surface area contributed by atoms with Crippen LogP contribution >= 0.6 is 11.8 Å². The molecule has 0 atom stereocenters. The Morgan fingerprint density at radius 1 is 1.21 bits per heavy atom. The Morgan fingerprint density at radius 3 is 2.74 bits per heavy atom. The molecular formula is C14H15N3OS. The predicted molar refractivity (Wildman–Crippen MR) is 78.0 cm³/mol. The summed E-state index contributed by atoms with van der Waals surface area (Å²) in [7, 11) is 0. The summed E-state index contributed by atoms with van der Waals surface area (Å²) in [5.41, 5.74) is 9.13. The zero-order valence-electron chi connectivity index (χ0n) is 10.7. The second kappa shape index (κ2) is 5.09. The molecule has 0 fully saturated rings. The monoisotopic (exact) mass is 273 g/mol. The maximum Gasteiger partial charge on any atom is 0.161 e. The van der Waals surface area contributed by atoms with Crippen LogP contribution in [0.3, 0.4) is 0 Å². The van der Waals surface area contributed by atoms with E-state index in [-0.39, 0.29) is 0 Å². The molecule has 0 bridgehead atoms. The first-order chi connectivity index (χ1) is 9.28. The highest BCUT2D eigenvalue weighted by Crippen LogP contribution is 2.33. The second-order valence-corrected chi connectivity index (χ2v) is 5.29. The van der Waals surface area contributed by atoms with Crippen LogP contribution in [0.4, 0.5) is 5.82 Å². The standard InChI is InChI=1S/C14H15N3OS/c1-2-18-10-5-3-9(4-6-10)14-16-12-8-19-7-11(12)13(15)17-14/h3-6H,2,7-8H2,1H3,(H2,15,16,17). The maximum atomic E-state index is 6.00. The number of nitrogens with two attached hydrogens (primary N) is 1. The van der Waals surface area contributed by atoms with E-state index in [2.05, 4.69) is 9.97 Å². The van der Waals surface area contributed by atoms with E-state index in [1.54, 1.807) is 0 Å². The van der Waals surface area contributed by atoms with Crippen molar-refractivity contribution in [2.24, 2.45) is 0 Å². The molecule has 3 rings (SSSR count). The highest BCUT2D eigenvalue weighted by Gasteiger charge is 2.18. The first-order valence-corrected chi connectivity index (χ1v) is 7.39. The van der Waals surface area contributed by atoms with Gasteiger partial charge in [-0.1, -0.05) is 0 Å². The van der Waals surface area contributed by atoms with Gasteiger partial charge >= 0.3 is 0 Å². The Hall–Kier alpha value is -1.75. The van der Waals surface area contributed by atoms with Crippen molar-refractivity contribution in [3.8, 4) is 17.1 Å². The van der Waals surface area contributed by atoms with E-state index in [4.69, 9.17) is 10.5 Å². The van der Waals surface area contributed by atoms with Gasteiger partial charge in [-0.25, -0.2) is 9.97 Å². The summed E-state index contributed by atoms with van der Waals surface area (Å²) in [5.74, 6) is 4.01. The van der Waals surface area contributed by atoms with Crippen LogP contribution in [-0.2, 0) is 11.5 Å². The van der Waals surface area contributed by atoms with Crippen molar-refractivity contribution < 1.29 is 4.74 Å². The molecule has 98 valence electrons. The molecule has 1 aromatic carbocycles. The topological polar surface area (TPSA) is 61.0 Å². The molecule has 5 heteroatoms. The van der Waals surface area contributed by atoms with Gasteiger partial charge in [0.1, 0.15) is 11.6 Å². The normalized spacial score (nSPS) is 13.3. The van der Waals surface area contributed by atoms with Gasteiger partial charge in [-0.15, -0.1) is 0 Å². The fraction of sp³-hybridized carbons (Fsp3) is 0.286. The minimum atomic E-state index is 0.610. The largest absolute Gasteiger partial charge is 0.494 e. The minimum Gasteiger partial charge on any atom is -0.494 e. The molecule has 1 aliphatic heterocycles. The van der Waals surface area contributed by atoms with Gasteiger partial charge in [0, 0.05) is 22.6 Å². The fourth-order valence-electron chi connectivity index (χ4n) is 2.07. The molecule has 0 aliphatic carbocycles. The third kappa shape index (κ3) is 2.38. The van der Waals surface area contributed by atoms with Gasteiger partial charge in [-0.05, 0) is 31.2 Å². The number of hydrogen-bond acceptors (Lipinski definition) is 5. The number of fused-ring (bicyclic) bond motifs is 1. The van der Waals surface area contributed by atoms with E-state index in [0.29, 0.717) is 18.2 Å². The van der Waals surface area contributed by atoms with Crippen LogP contribution in [0.5, 0.6) is 5.75 Å². The van der Waals surface area contributed by atoms with Gasteiger partial charge in [0.25, 0.3) is 0 Å². The Bertz CT molecular complexity index is 598. The van der Waals surface area contributed by atoms with Crippen molar-refractivity contribution in [3.05, 3.63) is 35.5 Å². The van der Waals surface area contributed by atoms with Crippen molar-refractivity contribution >= 4 is 17.6 Å². The fourth-order valence-corrected chi connectivity index (χ4v) is 3.12. The number of nitrogens with zero attached hydrogens (tertiary/aromatic N) is 2. The van der Waals surface area contributed by atoms with Crippen molar-refractivity contribution in [1.82, 2.24) is 9.97 Å². The lowest BCUT2D eigenvalue weighted by Crippen LogP contribution is -2.02. The highest BCUT2D eigenvalue weighted by molar-refractivity contribution is 7.98. The van der Waals surface area contributed by atoms with Crippen LogP contribution in [0, 0.1) is 0 Å². The molecule has 1 aliphatic rings. The summed E-state index contributed by atoms with van der Waals surface area (Å²) in [6, 6.07) is 7.79. The molecule has 4 nitrogen and oxygen atoms in total. The van der Waals surface area contributed by atoms with E-state index in [9.17, 15) is 0 Å². The van der Waals surface area contributed by atoms with E-state index in [0.717, 1.165) is 34.1 Å². The lowest BCUT2D eigenvalue weighted by Gasteiger charge is -2.07. The van der Waals surface area contributed by atoms with Crippen LogP contribution in [0.25, 0.3) is 11.4 Å². The summed E-state index contributed by atoms with van der Waals surface area (Å²) in [6.07, 6.45) is 0. The molecule has 0 spiro atoms. The van der Waals surface area contributed by atoms with Gasteiger partial charge in [0.15, 0.2) is 5.82 Å². The van der Waals surface area contributed by atoms with Gasteiger partial charge < -0.3 is 10.5 Å². The first-order valence-electron chi connectivity index (χ1n) is 6.24.